The summed E-state index contributed by atoms with van der Waals surface area (Å²) in [5, 5.41) is 7.50. The van der Waals surface area contributed by atoms with Crippen molar-refractivity contribution in [2.24, 2.45) is 0 Å². The number of alkyl halides is 3. The first-order valence-electron chi connectivity index (χ1n) is 9.52. The van der Waals surface area contributed by atoms with Gasteiger partial charge in [-0.1, -0.05) is 12.1 Å². The highest BCUT2D eigenvalue weighted by molar-refractivity contribution is 6.02. The average molecular weight is 415 g/mol. The number of pyridine rings is 2. The SMILES string of the molecule is Cc1nccc2c(NC(=O)NC3CCN(c4ncccc4C(F)(F)F)C3)cccc12. The molecule has 1 atom stereocenters. The second-order valence-electron chi connectivity index (χ2n) is 7.20. The van der Waals surface area contributed by atoms with Crippen molar-refractivity contribution < 1.29 is 18.0 Å². The first-order valence-corrected chi connectivity index (χ1v) is 9.52. The quantitative estimate of drug-likeness (QED) is 0.667. The van der Waals surface area contributed by atoms with Gasteiger partial charge in [-0.05, 0) is 37.6 Å². The maximum absolute atomic E-state index is 13.3. The van der Waals surface area contributed by atoms with Crippen molar-refractivity contribution in [2.45, 2.75) is 25.6 Å². The molecule has 0 saturated carbocycles. The number of anilines is 2. The molecule has 1 aromatic carbocycles. The Kier molecular flexibility index (Phi) is 5.19. The Morgan fingerprint density at radius 2 is 1.93 bits per heavy atom. The molecule has 9 heteroatoms. The number of carbonyl (C=O) groups is 1. The molecule has 0 aliphatic carbocycles. The van der Waals surface area contributed by atoms with E-state index in [4.69, 9.17) is 0 Å². The molecular weight excluding hydrogens is 395 g/mol. The predicted octanol–water partition coefficient (Wildman–Crippen LogP) is 4.36. The summed E-state index contributed by atoms with van der Waals surface area (Å²) in [4.78, 5) is 22.2. The Labute approximate surface area is 171 Å². The molecule has 156 valence electrons. The van der Waals surface area contributed by atoms with Gasteiger partial charge in [-0.15, -0.1) is 0 Å². The van der Waals surface area contributed by atoms with Crippen molar-refractivity contribution in [1.29, 1.82) is 0 Å². The number of carbonyl (C=O) groups excluding carboxylic acids is 1. The minimum atomic E-state index is -4.48. The van der Waals surface area contributed by atoms with Crippen LogP contribution in [0.5, 0.6) is 0 Å². The van der Waals surface area contributed by atoms with E-state index in [9.17, 15) is 18.0 Å². The molecule has 4 rings (SSSR count). The molecule has 6 nitrogen and oxygen atoms in total. The predicted molar refractivity (Wildman–Crippen MR) is 108 cm³/mol. The van der Waals surface area contributed by atoms with E-state index in [1.54, 1.807) is 17.2 Å². The maximum atomic E-state index is 13.3. The zero-order chi connectivity index (χ0) is 21.3. The summed E-state index contributed by atoms with van der Waals surface area (Å²) in [6.45, 7) is 2.53. The Hall–Kier alpha value is -3.36. The van der Waals surface area contributed by atoms with Crippen molar-refractivity contribution >= 4 is 28.3 Å². The van der Waals surface area contributed by atoms with Gasteiger partial charge in [0.05, 0.1) is 11.3 Å². The summed E-state index contributed by atoms with van der Waals surface area (Å²) in [6, 6.07) is 9.00. The van der Waals surface area contributed by atoms with Crippen molar-refractivity contribution in [3.05, 3.63) is 60.0 Å². The van der Waals surface area contributed by atoms with E-state index in [0.717, 1.165) is 22.5 Å². The minimum Gasteiger partial charge on any atom is -0.354 e. The normalized spacial score (nSPS) is 16.7. The monoisotopic (exact) mass is 415 g/mol. The van der Waals surface area contributed by atoms with Crippen LogP contribution in [-0.4, -0.2) is 35.1 Å². The number of aryl methyl sites for hydroxylation is 1. The molecule has 0 spiro atoms. The third-order valence-electron chi connectivity index (χ3n) is 5.17. The summed E-state index contributed by atoms with van der Waals surface area (Å²) in [7, 11) is 0. The number of benzene rings is 1. The van der Waals surface area contributed by atoms with Crippen LogP contribution in [0, 0.1) is 6.92 Å². The van der Waals surface area contributed by atoms with E-state index < -0.39 is 17.8 Å². The standard InChI is InChI=1S/C21H20F3N5O/c1-13-15-4-2-6-18(16(15)7-10-25-13)28-20(30)27-14-8-11-29(12-14)19-17(21(22,23)24)5-3-9-26-19/h2-7,9-10,14H,8,11-12H2,1H3,(H2,27,28,30). The lowest BCUT2D eigenvalue weighted by Crippen LogP contribution is -2.40. The summed E-state index contributed by atoms with van der Waals surface area (Å²) >= 11 is 0. The van der Waals surface area contributed by atoms with Crippen molar-refractivity contribution in [1.82, 2.24) is 15.3 Å². The van der Waals surface area contributed by atoms with Gasteiger partial charge in [0.25, 0.3) is 0 Å². The second kappa shape index (κ2) is 7.81. The van der Waals surface area contributed by atoms with E-state index in [-0.39, 0.29) is 18.4 Å². The van der Waals surface area contributed by atoms with Crippen LogP contribution in [0.3, 0.4) is 0 Å². The van der Waals surface area contributed by atoms with Crippen LogP contribution < -0.4 is 15.5 Å². The number of hydrogen-bond donors (Lipinski definition) is 2. The molecule has 1 aliphatic rings. The summed E-state index contributed by atoms with van der Waals surface area (Å²) in [5.74, 6) is -0.105. The molecule has 2 amide bonds. The second-order valence-corrected chi connectivity index (χ2v) is 7.20. The van der Waals surface area contributed by atoms with Gasteiger partial charge in [0.15, 0.2) is 0 Å². The number of urea groups is 1. The van der Waals surface area contributed by atoms with Crippen LogP contribution >= 0.6 is 0 Å². The molecule has 30 heavy (non-hydrogen) atoms. The number of halogens is 3. The Balaban J connectivity index is 1.44. The summed E-state index contributed by atoms with van der Waals surface area (Å²) in [5.41, 5.74) is 0.739. The molecule has 3 aromatic rings. The van der Waals surface area contributed by atoms with E-state index in [2.05, 4.69) is 20.6 Å². The van der Waals surface area contributed by atoms with Crippen molar-refractivity contribution in [2.75, 3.05) is 23.3 Å². The van der Waals surface area contributed by atoms with Gasteiger partial charge in [-0.25, -0.2) is 9.78 Å². The molecule has 0 bridgehead atoms. The first-order chi connectivity index (χ1) is 14.3. The zero-order valence-corrected chi connectivity index (χ0v) is 16.2. The third-order valence-corrected chi connectivity index (χ3v) is 5.17. The number of rotatable bonds is 3. The van der Waals surface area contributed by atoms with Gasteiger partial charge in [0.1, 0.15) is 5.82 Å². The lowest BCUT2D eigenvalue weighted by atomic mass is 10.1. The highest BCUT2D eigenvalue weighted by atomic mass is 19.4. The Morgan fingerprint density at radius 1 is 1.10 bits per heavy atom. The molecule has 3 heterocycles. The molecule has 0 radical (unpaired) electrons. The van der Waals surface area contributed by atoms with Gasteiger partial charge in [0.2, 0.25) is 0 Å². The highest BCUT2D eigenvalue weighted by Gasteiger charge is 2.37. The number of nitrogens with zero attached hydrogens (tertiary/aromatic N) is 3. The topological polar surface area (TPSA) is 70.2 Å². The van der Waals surface area contributed by atoms with E-state index in [1.165, 1.54) is 12.3 Å². The average Bonchev–Trinajstić information content (AvgIpc) is 3.16. The molecular formula is C21H20F3N5O. The van der Waals surface area contributed by atoms with Gasteiger partial charge >= 0.3 is 12.2 Å². The van der Waals surface area contributed by atoms with E-state index in [1.807, 2.05) is 25.1 Å². The zero-order valence-electron chi connectivity index (χ0n) is 16.2. The fourth-order valence-electron chi connectivity index (χ4n) is 3.75. The molecule has 1 aliphatic heterocycles. The van der Waals surface area contributed by atoms with Crippen LogP contribution in [0.4, 0.5) is 29.5 Å². The van der Waals surface area contributed by atoms with Crippen molar-refractivity contribution in [3.63, 3.8) is 0 Å². The number of nitrogens with one attached hydrogen (secondary N) is 2. The van der Waals surface area contributed by atoms with Crippen LogP contribution in [0.2, 0.25) is 0 Å². The first kappa shape index (κ1) is 19.9. The fourth-order valence-corrected chi connectivity index (χ4v) is 3.75. The van der Waals surface area contributed by atoms with Gasteiger partial charge in [-0.2, -0.15) is 13.2 Å². The van der Waals surface area contributed by atoms with Gasteiger partial charge < -0.3 is 15.5 Å². The number of aromatic nitrogens is 2. The highest BCUT2D eigenvalue weighted by Crippen LogP contribution is 2.36. The molecule has 1 fully saturated rings. The van der Waals surface area contributed by atoms with Crippen LogP contribution in [-0.2, 0) is 6.18 Å². The van der Waals surface area contributed by atoms with Gasteiger partial charge in [0, 0.05) is 48.0 Å². The lowest BCUT2D eigenvalue weighted by Gasteiger charge is -2.22. The van der Waals surface area contributed by atoms with Crippen LogP contribution in [0.1, 0.15) is 17.7 Å². The summed E-state index contributed by atoms with van der Waals surface area (Å²) in [6.07, 6.45) is -0.927. The molecule has 2 aromatic heterocycles. The van der Waals surface area contributed by atoms with Crippen LogP contribution in [0.15, 0.2) is 48.8 Å². The number of fused-ring (bicyclic) bond motifs is 1. The maximum Gasteiger partial charge on any atom is 0.419 e. The molecule has 1 unspecified atom stereocenters. The third kappa shape index (κ3) is 4.00. The molecule has 2 N–H and O–H groups in total. The fraction of sp³-hybridized carbons (Fsp3) is 0.286. The van der Waals surface area contributed by atoms with E-state index >= 15 is 0 Å². The number of amides is 2. The smallest absolute Gasteiger partial charge is 0.354 e. The van der Waals surface area contributed by atoms with E-state index in [0.29, 0.717) is 18.7 Å². The lowest BCUT2D eigenvalue weighted by molar-refractivity contribution is -0.137. The van der Waals surface area contributed by atoms with Crippen molar-refractivity contribution in [3.8, 4) is 0 Å². The number of hydrogen-bond acceptors (Lipinski definition) is 4. The molecule has 1 saturated heterocycles. The summed E-state index contributed by atoms with van der Waals surface area (Å²) < 4.78 is 39.8. The largest absolute Gasteiger partial charge is 0.419 e. The Bertz CT molecular complexity index is 1090. The van der Waals surface area contributed by atoms with Crippen LogP contribution in [0.25, 0.3) is 10.8 Å². The minimum absolute atomic E-state index is 0.105. The van der Waals surface area contributed by atoms with Gasteiger partial charge in [-0.3, -0.25) is 4.98 Å². The Morgan fingerprint density at radius 3 is 2.73 bits per heavy atom.